The maximum atomic E-state index is 13.1. The monoisotopic (exact) mass is 336 g/mol. The van der Waals surface area contributed by atoms with Crippen molar-refractivity contribution in [2.45, 2.75) is 5.75 Å². The van der Waals surface area contributed by atoms with Crippen LogP contribution in [0.15, 0.2) is 40.8 Å². The molecule has 1 aromatic carbocycles. The minimum atomic E-state index is -0.441. The van der Waals surface area contributed by atoms with Crippen molar-refractivity contribution >= 4 is 29.3 Å². The number of nitrogens with one attached hydrogen (secondary N) is 1. The minimum absolute atomic E-state index is 0.159. The first-order valence-corrected chi connectivity index (χ1v) is 8.27. The average molecular weight is 336 g/mol. The lowest BCUT2D eigenvalue weighted by Gasteiger charge is -2.15. The van der Waals surface area contributed by atoms with Crippen molar-refractivity contribution in [1.29, 1.82) is 0 Å². The second-order valence-corrected chi connectivity index (χ2v) is 5.78. The summed E-state index contributed by atoms with van der Waals surface area (Å²) in [6.07, 6.45) is 1.94. The molecule has 2 aromatic rings. The van der Waals surface area contributed by atoms with Crippen LogP contribution in [0.2, 0.25) is 0 Å². The van der Waals surface area contributed by atoms with Gasteiger partial charge in [0, 0.05) is 12.7 Å². The summed E-state index contributed by atoms with van der Waals surface area (Å²) in [5, 5.41) is 2.54. The number of nitrogens with zero attached hydrogens (tertiary/aromatic N) is 1. The largest absolute Gasteiger partial charge is 0.455 e. The highest BCUT2D eigenvalue weighted by molar-refractivity contribution is 7.97. The lowest BCUT2D eigenvalue weighted by Crippen LogP contribution is -2.34. The Hall–Kier alpha value is -2.28. The van der Waals surface area contributed by atoms with Gasteiger partial charge in [-0.2, -0.15) is 11.8 Å². The lowest BCUT2D eigenvalue weighted by molar-refractivity contribution is -0.116. The molecule has 122 valence electrons. The summed E-state index contributed by atoms with van der Waals surface area (Å²) in [6.45, 7) is -0.159. The SMILES string of the molecule is CSCc1ccc(C(=O)N(C)CC(=O)Nc2cccc(F)c2)o1. The van der Waals surface area contributed by atoms with E-state index < -0.39 is 11.7 Å². The Morgan fingerprint density at radius 1 is 1.30 bits per heavy atom. The van der Waals surface area contributed by atoms with Gasteiger partial charge in [0.05, 0.1) is 12.3 Å². The molecule has 0 saturated carbocycles. The highest BCUT2D eigenvalue weighted by Gasteiger charge is 2.18. The summed E-state index contributed by atoms with van der Waals surface area (Å²) in [6, 6.07) is 8.90. The second-order valence-electron chi connectivity index (χ2n) is 4.92. The summed E-state index contributed by atoms with van der Waals surface area (Å²) in [5.74, 6) is 0.337. The van der Waals surface area contributed by atoms with E-state index in [0.717, 1.165) is 0 Å². The lowest BCUT2D eigenvalue weighted by atomic mass is 10.3. The average Bonchev–Trinajstić information content (AvgIpc) is 2.95. The van der Waals surface area contributed by atoms with Gasteiger partial charge in [-0.3, -0.25) is 9.59 Å². The highest BCUT2D eigenvalue weighted by Crippen LogP contribution is 2.15. The molecule has 1 heterocycles. The first kappa shape index (κ1) is 17.1. The molecule has 7 heteroatoms. The molecule has 0 spiro atoms. The molecule has 0 fully saturated rings. The Bertz CT molecular complexity index is 702. The summed E-state index contributed by atoms with van der Waals surface area (Å²) in [7, 11) is 1.50. The second kappa shape index (κ2) is 7.82. The molecule has 23 heavy (non-hydrogen) atoms. The topological polar surface area (TPSA) is 62.6 Å². The van der Waals surface area contributed by atoms with Crippen molar-refractivity contribution in [3.8, 4) is 0 Å². The number of anilines is 1. The van der Waals surface area contributed by atoms with E-state index in [1.165, 1.54) is 30.1 Å². The Balaban J connectivity index is 1.93. The molecule has 0 aliphatic carbocycles. The molecule has 2 rings (SSSR count). The Labute approximate surface area is 137 Å². The van der Waals surface area contributed by atoms with Crippen molar-refractivity contribution in [3.05, 3.63) is 53.7 Å². The van der Waals surface area contributed by atoms with Gasteiger partial charge in [-0.25, -0.2) is 4.39 Å². The van der Waals surface area contributed by atoms with E-state index in [1.54, 1.807) is 30.0 Å². The number of likely N-dealkylation sites (N-methyl/N-ethyl adjacent to an activating group) is 1. The third-order valence-corrected chi connectivity index (χ3v) is 3.57. The van der Waals surface area contributed by atoms with Gasteiger partial charge in [0.1, 0.15) is 11.6 Å². The predicted octanol–water partition coefficient (Wildman–Crippen LogP) is 2.99. The normalized spacial score (nSPS) is 10.4. The number of thioether (sulfide) groups is 1. The molecular weight excluding hydrogens is 319 g/mol. The van der Waals surface area contributed by atoms with E-state index in [-0.39, 0.29) is 18.2 Å². The quantitative estimate of drug-likeness (QED) is 0.881. The van der Waals surface area contributed by atoms with E-state index in [2.05, 4.69) is 5.32 Å². The molecule has 0 atom stereocenters. The summed E-state index contributed by atoms with van der Waals surface area (Å²) >= 11 is 1.59. The fourth-order valence-electron chi connectivity index (χ4n) is 1.95. The number of benzene rings is 1. The maximum Gasteiger partial charge on any atom is 0.289 e. The van der Waals surface area contributed by atoms with E-state index in [1.807, 2.05) is 6.26 Å². The van der Waals surface area contributed by atoms with Crippen molar-refractivity contribution < 1.29 is 18.4 Å². The van der Waals surface area contributed by atoms with E-state index in [4.69, 9.17) is 4.42 Å². The van der Waals surface area contributed by atoms with Gasteiger partial charge in [-0.1, -0.05) is 6.07 Å². The van der Waals surface area contributed by atoms with Crippen LogP contribution in [0.1, 0.15) is 16.3 Å². The number of halogens is 1. The van der Waals surface area contributed by atoms with Crippen molar-refractivity contribution in [2.24, 2.45) is 0 Å². The van der Waals surface area contributed by atoms with E-state index in [9.17, 15) is 14.0 Å². The number of amides is 2. The number of hydrogen-bond acceptors (Lipinski definition) is 4. The molecule has 1 N–H and O–H groups in total. The summed E-state index contributed by atoms with van der Waals surface area (Å²) in [5.41, 5.74) is 0.344. The molecule has 0 saturated heterocycles. The zero-order valence-corrected chi connectivity index (χ0v) is 13.7. The number of furan rings is 1. The van der Waals surface area contributed by atoms with Gasteiger partial charge in [-0.15, -0.1) is 0 Å². The molecule has 5 nitrogen and oxygen atoms in total. The Kier molecular flexibility index (Phi) is 5.81. The summed E-state index contributed by atoms with van der Waals surface area (Å²) < 4.78 is 18.5. The fraction of sp³-hybridized carbons (Fsp3) is 0.250. The molecule has 0 bridgehead atoms. The van der Waals surface area contributed by atoms with Crippen LogP contribution in [0.25, 0.3) is 0 Å². The number of carbonyl (C=O) groups excluding carboxylic acids is 2. The third kappa shape index (κ3) is 4.85. The molecular formula is C16H17FN2O3S. The maximum absolute atomic E-state index is 13.1. The zero-order chi connectivity index (χ0) is 16.8. The zero-order valence-electron chi connectivity index (χ0n) is 12.8. The first-order chi connectivity index (χ1) is 11.0. The van der Waals surface area contributed by atoms with Gasteiger partial charge in [-0.05, 0) is 36.6 Å². The van der Waals surface area contributed by atoms with Crippen molar-refractivity contribution in [1.82, 2.24) is 4.90 Å². The third-order valence-electron chi connectivity index (χ3n) is 2.99. The van der Waals surface area contributed by atoms with Crippen LogP contribution in [0, 0.1) is 5.82 Å². The smallest absolute Gasteiger partial charge is 0.289 e. The highest BCUT2D eigenvalue weighted by atomic mass is 32.2. The first-order valence-electron chi connectivity index (χ1n) is 6.88. The Morgan fingerprint density at radius 2 is 2.09 bits per heavy atom. The van der Waals surface area contributed by atoms with Crippen LogP contribution in [0.3, 0.4) is 0 Å². The number of carbonyl (C=O) groups is 2. The Morgan fingerprint density at radius 3 is 2.78 bits per heavy atom. The van der Waals surface area contributed by atoms with Crippen LogP contribution < -0.4 is 5.32 Å². The van der Waals surface area contributed by atoms with Crippen LogP contribution >= 0.6 is 11.8 Å². The fourth-order valence-corrected chi connectivity index (χ4v) is 2.39. The standard InChI is InChI=1S/C16H17FN2O3S/c1-19(16(21)14-7-6-13(22-14)10-23-2)9-15(20)18-12-5-3-4-11(17)8-12/h3-8H,9-10H2,1-2H3,(H,18,20). The molecule has 2 amide bonds. The summed E-state index contributed by atoms with van der Waals surface area (Å²) in [4.78, 5) is 25.4. The van der Waals surface area contributed by atoms with Crippen LogP contribution in [0.5, 0.6) is 0 Å². The van der Waals surface area contributed by atoms with Gasteiger partial charge in [0.15, 0.2) is 5.76 Å². The number of rotatable bonds is 6. The van der Waals surface area contributed by atoms with Gasteiger partial charge in [0.25, 0.3) is 5.91 Å². The molecule has 0 unspecified atom stereocenters. The van der Waals surface area contributed by atoms with Crippen molar-refractivity contribution in [3.63, 3.8) is 0 Å². The van der Waals surface area contributed by atoms with E-state index >= 15 is 0 Å². The van der Waals surface area contributed by atoms with Crippen LogP contribution in [-0.2, 0) is 10.5 Å². The van der Waals surface area contributed by atoms with Crippen LogP contribution in [-0.4, -0.2) is 36.6 Å². The van der Waals surface area contributed by atoms with Crippen LogP contribution in [0.4, 0.5) is 10.1 Å². The number of hydrogen-bond donors (Lipinski definition) is 1. The van der Waals surface area contributed by atoms with Gasteiger partial charge < -0.3 is 14.6 Å². The predicted molar refractivity (Wildman–Crippen MR) is 87.9 cm³/mol. The van der Waals surface area contributed by atoms with Gasteiger partial charge >= 0.3 is 0 Å². The molecule has 0 aliphatic rings. The minimum Gasteiger partial charge on any atom is -0.455 e. The molecule has 0 aliphatic heterocycles. The molecule has 1 aromatic heterocycles. The van der Waals surface area contributed by atoms with Crippen molar-refractivity contribution in [2.75, 3.05) is 25.2 Å². The van der Waals surface area contributed by atoms with Gasteiger partial charge in [0.2, 0.25) is 5.91 Å². The van der Waals surface area contributed by atoms with E-state index in [0.29, 0.717) is 17.2 Å². The molecule has 0 radical (unpaired) electrons.